The van der Waals surface area contributed by atoms with E-state index in [-0.39, 0.29) is 0 Å². The molecule has 0 bridgehead atoms. The summed E-state index contributed by atoms with van der Waals surface area (Å²) in [6.07, 6.45) is 22.4. The fourth-order valence-electron chi connectivity index (χ4n) is 2.64. The van der Waals surface area contributed by atoms with Crippen LogP contribution in [-0.4, -0.2) is 0 Å². The molecule has 0 rings (SSSR count). The van der Waals surface area contributed by atoms with Crippen LogP contribution in [0.15, 0.2) is 0 Å². The standard InChI is InChI=1S/C19H36S/c1-2-3-4-5-6-7-8-9-10-11-12-13-14-15-16-17-18-19-20/h20H,2-17H2,1H3. The van der Waals surface area contributed by atoms with Gasteiger partial charge in [-0.2, -0.15) is 0 Å². The molecule has 0 unspecified atom stereocenters. The Hall–Kier alpha value is -0.0900. The fourth-order valence-corrected chi connectivity index (χ4v) is 2.75. The minimum Gasteiger partial charge on any atom is -0.0922 e. The minimum atomic E-state index is 1.03. The normalized spacial score (nSPS) is 10.3. The van der Waals surface area contributed by atoms with Crippen LogP contribution in [-0.2, 0) is 0 Å². The van der Waals surface area contributed by atoms with Crippen LogP contribution >= 0.6 is 12.6 Å². The Labute approximate surface area is 133 Å². The fraction of sp³-hybridized carbons (Fsp3) is 0.895. The molecule has 0 nitrogen and oxygen atoms in total. The van der Waals surface area contributed by atoms with Crippen LogP contribution in [0.25, 0.3) is 0 Å². The van der Waals surface area contributed by atoms with Gasteiger partial charge >= 0.3 is 0 Å². The average molecular weight is 297 g/mol. The van der Waals surface area contributed by atoms with Crippen molar-refractivity contribution in [1.82, 2.24) is 0 Å². The zero-order valence-electron chi connectivity index (χ0n) is 13.8. The van der Waals surface area contributed by atoms with Gasteiger partial charge in [0.25, 0.3) is 0 Å². The highest BCUT2D eigenvalue weighted by Crippen LogP contribution is 2.13. The van der Waals surface area contributed by atoms with Crippen molar-refractivity contribution in [3.05, 3.63) is 0 Å². The molecule has 1 heteroatoms. The second-order valence-corrected chi connectivity index (χ2v) is 6.21. The lowest BCUT2D eigenvalue weighted by Crippen LogP contribution is -1.83. The molecule has 0 spiro atoms. The van der Waals surface area contributed by atoms with E-state index in [0.29, 0.717) is 0 Å². The molecule has 0 amide bonds. The van der Waals surface area contributed by atoms with E-state index in [1.165, 1.54) is 96.3 Å². The maximum absolute atomic E-state index is 3.89. The molecule has 0 aliphatic carbocycles. The molecule has 0 aromatic rings. The van der Waals surface area contributed by atoms with Gasteiger partial charge in [0.05, 0.1) is 0 Å². The zero-order chi connectivity index (χ0) is 14.7. The molecule has 0 radical (unpaired) electrons. The third-order valence-electron chi connectivity index (χ3n) is 3.98. The first-order valence-electron chi connectivity index (χ1n) is 9.03. The van der Waals surface area contributed by atoms with E-state index in [1.54, 1.807) is 0 Å². The number of hydrogen-bond acceptors (Lipinski definition) is 1. The Kier molecular flexibility index (Phi) is 18.8. The lowest BCUT2D eigenvalue weighted by molar-refractivity contribution is 0.533. The Balaban J connectivity index is 2.93. The van der Waals surface area contributed by atoms with Crippen molar-refractivity contribution in [2.75, 3.05) is 0 Å². The molecule has 0 aromatic carbocycles. The molecule has 20 heavy (non-hydrogen) atoms. The van der Waals surface area contributed by atoms with Gasteiger partial charge in [0.1, 0.15) is 0 Å². The van der Waals surface area contributed by atoms with Crippen molar-refractivity contribution in [3.63, 3.8) is 0 Å². The van der Waals surface area contributed by atoms with Crippen molar-refractivity contribution in [3.8, 4) is 11.2 Å². The third-order valence-corrected chi connectivity index (χ3v) is 4.14. The summed E-state index contributed by atoms with van der Waals surface area (Å²) in [5, 5.41) is 2.66. The molecule has 0 atom stereocenters. The van der Waals surface area contributed by atoms with Gasteiger partial charge in [-0.05, 0) is 11.7 Å². The molecule has 0 heterocycles. The Morgan fingerprint density at radius 2 is 0.900 bits per heavy atom. The third kappa shape index (κ3) is 17.9. The van der Waals surface area contributed by atoms with E-state index in [2.05, 4.69) is 30.7 Å². The summed E-state index contributed by atoms with van der Waals surface area (Å²) in [5.41, 5.74) is 0. The highest BCUT2D eigenvalue weighted by Gasteiger charge is 1.93. The van der Waals surface area contributed by atoms with Crippen molar-refractivity contribution in [2.45, 2.75) is 110 Å². The first-order valence-corrected chi connectivity index (χ1v) is 9.48. The quantitative estimate of drug-likeness (QED) is 0.185. The van der Waals surface area contributed by atoms with Crippen LogP contribution in [0.2, 0.25) is 0 Å². The minimum absolute atomic E-state index is 1.03. The topological polar surface area (TPSA) is 0 Å². The SMILES string of the molecule is CCCCCCCCCCCCCCCCCC#CS. The van der Waals surface area contributed by atoms with Crippen LogP contribution in [0.5, 0.6) is 0 Å². The highest BCUT2D eigenvalue weighted by molar-refractivity contribution is 7.85. The first kappa shape index (κ1) is 19.9. The molecule has 0 aromatic heterocycles. The van der Waals surface area contributed by atoms with E-state index in [1.807, 2.05) is 0 Å². The van der Waals surface area contributed by atoms with Crippen LogP contribution < -0.4 is 0 Å². The summed E-state index contributed by atoms with van der Waals surface area (Å²) in [7, 11) is 0. The summed E-state index contributed by atoms with van der Waals surface area (Å²) >= 11 is 3.89. The molecular weight excluding hydrogens is 260 g/mol. The Morgan fingerprint density at radius 3 is 1.25 bits per heavy atom. The zero-order valence-corrected chi connectivity index (χ0v) is 14.7. The van der Waals surface area contributed by atoms with E-state index < -0.39 is 0 Å². The smallest absolute Gasteiger partial charge is 0.00975 e. The van der Waals surface area contributed by atoms with Gasteiger partial charge in [0, 0.05) is 6.42 Å². The monoisotopic (exact) mass is 296 g/mol. The largest absolute Gasteiger partial charge is 0.0922 e. The number of rotatable bonds is 15. The highest BCUT2D eigenvalue weighted by atomic mass is 32.1. The van der Waals surface area contributed by atoms with Gasteiger partial charge in [0.15, 0.2) is 0 Å². The summed E-state index contributed by atoms with van der Waals surface area (Å²) in [5.74, 6) is 3.01. The van der Waals surface area contributed by atoms with Crippen LogP contribution in [0.3, 0.4) is 0 Å². The van der Waals surface area contributed by atoms with Crippen molar-refractivity contribution >= 4 is 12.6 Å². The Morgan fingerprint density at radius 1 is 0.550 bits per heavy atom. The summed E-state index contributed by atoms with van der Waals surface area (Å²) in [6, 6.07) is 0. The van der Waals surface area contributed by atoms with Crippen LogP contribution in [0.4, 0.5) is 0 Å². The van der Waals surface area contributed by atoms with E-state index in [0.717, 1.165) is 6.42 Å². The molecule has 0 N–H and O–H groups in total. The number of unbranched alkanes of at least 4 members (excludes halogenated alkanes) is 15. The van der Waals surface area contributed by atoms with Crippen molar-refractivity contribution in [2.24, 2.45) is 0 Å². The van der Waals surface area contributed by atoms with Gasteiger partial charge < -0.3 is 0 Å². The van der Waals surface area contributed by atoms with Crippen LogP contribution in [0.1, 0.15) is 110 Å². The molecule has 0 saturated carbocycles. The second-order valence-electron chi connectivity index (χ2n) is 5.99. The number of hydrogen-bond donors (Lipinski definition) is 1. The number of thiol groups is 1. The summed E-state index contributed by atoms with van der Waals surface area (Å²) in [6.45, 7) is 2.29. The maximum atomic E-state index is 3.89. The lowest BCUT2D eigenvalue weighted by atomic mass is 10.0. The molecule has 0 fully saturated rings. The first-order chi connectivity index (χ1) is 9.91. The van der Waals surface area contributed by atoms with E-state index in [9.17, 15) is 0 Å². The predicted octanol–water partition coefficient (Wildman–Crippen LogP) is 7.14. The molecular formula is C19H36S. The van der Waals surface area contributed by atoms with Crippen LogP contribution in [0, 0.1) is 11.2 Å². The van der Waals surface area contributed by atoms with Gasteiger partial charge in [-0.1, -0.05) is 115 Å². The summed E-state index contributed by atoms with van der Waals surface area (Å²) in [4.78, 5) is 0. The van der Waals surface area contributed by atoms with Gasteiger partial charge in [-0.15, -0.1) is 0 Å². The molecule has 0 aliphatic heterocycles. The van der Waals surface area contributed by atoms with Crippen molar-refractivity contribution < 1.29 is 0 Å². The van der Waals surface area contributed by atoms with Gasteiger partial charge in [-0.3, -0.25) is 0 Å². The van der Waals surface area contributed by atoms with Gasteiger partial charge in [0.2, 0.25) is 0 Å². The van der Waals surface area contributed by atoms with E-state index >= 15 is 0 Å². The molecule has 0 aliphatic rings. The van der Waals surface area contributed by atoms with Crippen molar-refractivity contribution in [1.29, 1.82) is 0 Å². The molecule has 118 valence electrons. The predicted molar refractivity (Wildman–Crippen MR) is 96.3 cm³/mol. The van der Waals surface area contributed by atoms with Gasteiger partial charge in [-0.25, -0.2) is 0 Å². The lowest BCUT2D eigenvalue weighted by Gasteiger charge is -2.03. The Bertz CT molecular complexity index is 224. The molecule has 0 saturated heterocycles. The maximum Gasteiger partial charge on any atom is 0.00975 e. The van der Waals surface area contributed by atoms with E-state index in [4.69, 9.17) is 0 Å². The summed E-state index contributed by atoms with van der Waals surface area (Å²) < 4.78 is 0. The average Bonchev–Trinajstić information content (AvgIpc) is 2.47. The second kappa shape index (κ2) is 18.9.